The highest BCUT2D eigenvalue weighted by Crippen LogP contribution is 2.28. The predicted molar refractivity (Wildman–Crippen MR) is 88.0 cm³/mol. The van der Waals surface area contributed by atoms with Crippen LogP contribution in [0.3, 0.4) is 0 Å². The van der Waals surface area contributed by atoms with E-state index in [9.17, 15) is 4.79 Å². The minimum atomic E-state index is -0.205. The Morgan fingerprint density at radius 2 is 2.13 bits per heavy atom. The molecule has 0 bridgehead atoms. The number of carbonyl (C=O) groups is 1. The van der Waals surface area contributed by atoms with Crippen LogP contribution in [0, 0.1) is 0 Å². The highest BCUT2D eigenvalue weighted by molar-refractivity contribution is 5.95. The van der Waals surface area contributed by atoms with E-state index in [0.717, 1.165) is 12.8 Å². The lowest BCUT2D eigenvalue weighted by atomic mass is 10.1. The smallest absolute Gasteiger partial charge is 0.252 e. The molecule has 1 atom stereocenters. The summed E-state index contributed by atoms with van der Waals surface area (Å²) in [5.41, 5.74) is 0.517. The molecular formula is C18H23NO4. The normalized spacial score (nSPS) is 11.8. The number of methoxy groups -OCH3 is 1. The number of benzene rings is 1. The Labute approximate surface area is 136 Å². The van der Waals surface area contributed by atoms with Crippen LogP contribution in [0.5, 0.6) is 11.5 Å². The molecule has 1 aromatic heterocycles. The summed E-state index contributed by atoms with van der Waals surface area (Å²) in [7, 11) is 1.56. The van der Waals surface area contributed by atoms with E-state index in [-0.39, 0.29) is 11.9 Å². The summed E-state index contributed by atoms with van der Waals surface area (Å²) in [6, 6.07) is 8.60. The van der Waals surface area contributed by atoms with E-state index >= 15 is 0 Å². The third-order valence-corrected chi connectivity index (χ3v) is 3.50. The van der Waals surface area contributed by atoms with E-state index in [4.69, 9.17) is 13.9 Å². The number of rotatable bonds is 8. The average molecular weight is 317 g/mol. The van der Waals surface area contributed by atoms with Gasteiger partial charge in [0.25, 0.3) is 5.91 Å². The van der Waals surface area contributed by atoms with Gasteiger partial charge in [-0.15, -0.1) is 0 Å². The van der Waals surface area contributed by atoms with Crippen LogP contribution in [-0.4, -0.2) is 19.6 Å². The van der Waals surface area contributed by atoms with Gasteiger partial charge in [-0.05, 0) is 43.7 Å². The first-order valence-electron chi connectivity index (χ1n) is 7.80. The second-order valence-electron chi connectivity index (χ2n) is 5.28. The van der Waals surface area contributed by atoms with Gasteiger partial charge in [0, 0.05) is 5.56 Å². The van der Waals surface area contributed by atoms with Crippen molar-refractivity contribution >= 4 is 5.91 Å². The van der Waals surface area contributed by atoms with E-state index < -0.39 is 0 Å². The lowest BCUT2D eigenvalue weighted by Crippen LogP contribution is -2.26. The molecule has 5 nitrogen and oxygen atoms in total. The van der Waals surface area contributed by atoms with Crippen LogP contribution in [0.15, 0.2) is 41.0 Å². The largest absolute Gasteiger partial charge is 0.493 e. The number of nitrogens with one attached hydrogen (secondary N) is 1. The highest BCUT2D eigenvalue weighted by Gasteiger charge is 2.15. The standard InChI is InChI=1S/C18H23NO4/c1-4-5-10-23-16-9-8-14(12-17(16)21-3)18(20)19-13(2)15-7-6-11-22-15/h6-9,11-13H,4-5,10H2,1-3H3,(H,19,20)/t13-/m1/s1. The molecule has 0 unspecified atom stereocenters. The summed E-state index contributed by atoms with van der Waals surface area (Å²) in [5.74, 6) is 1.73. The minimum Gasteiger partial charge on any atom is -0.493 e. The van der Waals surface area contributed by atoms with Crippen LogP contribution in [0.1, 0.15) is 48.8 Å². The number of carbonyl (C=O) groups excluding carboxylic acids is 1. The maximum Gasteiger partial charge on any atom is 0.252 e. The van der Waals surface area contributed by atoms with E-state index in [1.807, 2.05) is 13.0 Å². The van der Waals surface area contributed by atoms with Gasteiger partial charge < -0.3 is 19.2 Å². The molecule has 0 saturated heterocycles. The van der Waals surface area contributed by atoms with Crippen molar-refractivity contribution in [2.45, 2.75) is 32.7 Å². The fraction of sp³-hybridized carbons (Fsp3) is 0.389. The van der Waals surface area contributed by atoms with Crippen LogP contribution >= 0.6 is 0 Å². The quantitative estimate of drug-likeness (QED) is 0.749. The van der Waals surface area contributed by atoms with Gasteiger partial charge in [-0.25, -0.2) is 0 Å². The molecule has 1 heterocycles. The van der Waals surface area contributed by atoms with Crippen molar-refractivity contribution in [3.8, 4) is 11.5 Å². The zero-order valence-corrected chi connectivity index (χ0v) is 13.8. The Bertz CT molecular complexity index is 622. The maximum atomic E-state index is 12.3. The lowest BCUT2D eigenvalue weighted by Gasteiger charge is -2.14. The van der Waals surface area contributed by atoms with Crippen molar-refractivity contribution in [1.82, 2.24) is 5.32 Å². The van der Waals surface area contributed by atoms with Crippen LogP contribution in [0.4, 0.5) is 0 Å². The maximum absolute atomic E-state index is 12.3. The predicted octanol–water partition coefficient (Wildman–Crippen LogP) is 3.96. The molecule has 2 rings (SSSR count). The topological polar surface area (TPSA) is 60.7 Å². The Kier molecular flexibility index (Phi) is 6.09. The fourth-order valence-electron chi connectivity index (χ4n) is 2.14. The van der Waals surface area contributed by atoms with Crippen molar-refractivity contribution in [1.29, 1.82) is 0 Å². The summed E-state index contributed by atoms with van der Waals surface area (Å²) < 4.78 is 16.3. The van der Waals surface area contributed by atoms with E-state index in [2.05, 4.69) is 12.2 Å². The van der Waals surface area contributed by atoms with Crippen LogP contribution in [-0.2, 0) is 0 Å². The summed E-state index contributed by atoms with van der Waals surface area (Å²) in [6.45, 7) is 4.61. The van der Waals surface area contributed by atoms with Crippen molar-refractivity contribution in [3.05, 3.63) is 47.9 Å². The lowest BCUT2D eigenvalue weighted by molar-refractivity contribution is 0.0935. The molecule has 1 amide bonds. The molecule has 0 radical (unpaired) electrons. The molecule has 124 valence electrons. The number of unbranched alkanes of at least 4 members (excludes halogenated alkanes) is 1. The summed E-state index contributed by atoms with van der Waals surface area (Å²) in [4.78, 5) is 12.3. The van der Waals surface area contributed by atoms with Gasteiger partial charge in [0.2, 0.25) is 0 Å². The SMILES string of the molecule is CCCCOc1ccc(C(=O)N[C@H](C)c2ccco2)cc1OC. The molecule has 0 aliphatic rings. The monoisotopic (exact) mass is 317 g/mol. The first-order chi connectivity index (χ1) is 11.2. The minimum absolute atomic E-state index is 0.188. The Morgan fingerprint density at radius 3 is 2.78 bits per heavy atom. The van der Waals surface area contributed by atoms with Crippen molar-refractivity contribution in [2.75, 3.05) is 13.7 Å². The first-order valence-corrected chi connectivity index (χ1v) is 7.80. The molecule has 0 fully saturated rings. The highest BCUT2D eigenvalue weighted by atomic mass is 16.5. The molecule has 0 aliphatic carbocycles. The van der Waals surface area contributed by atoms with Gasteiger partial charge in [-0.1, -0.05) is 13.3 Å². The van der Waals surface area contributed by atoms with Crippen LogP contribution < -0.4 is 14.8 Å². The van der Waals surface area contributed by atoms with Gasteiger partial charge in [0.1, 0.15) is 5.76 Å². The fourth-order valence-corrected chi connectivity index (χ4v) is 2.14. The van der Waals surface area contributed by atoms with E-state index in [1.54, 1.807) is 37.6 Å². The van der Waals surface area contributed by atoms with Crippen LogP contribution in [0.25, 0.3) is 0 Å². The summed E-state index contributed by atoms with van der Waals surface area (Å²) in [5, 5.41) is 2.89. The average Bonchev–Trinajstić information content (AvgIpc) is 3.09. The zero-order chi connectivity index (χ0) is 16.7. The Morgan fingerprint density at radius 1 is 1.30 bits per heavy atom. The molecule has 1 aromatic carbocycles. The third kappa shape index (κ3) is 4.52. The van der Waals surface area contributed by atoms with Crippen molar-refractivity contribution in [3.63, 3.8) is 0 Å². The van der Waals surface area contributed by atoms with E-state index in [1.165, 1.54) is 0 Å². The van der Waals surface area contributed by atoms with Gasteiger partial charge in [0.05, 0.1) is 26.0 Å². The summed E-state index contributed by atoms with van der Waals surface area (Å²) in [6.07, 6.45) is 3.63. The van der Waals surface area contributed by atoms with Crippen molar-refractivity contribution < 1.29 is 18.7 Å². The molecule has 0 aliphatic heterocycles. The Balaban J connectivity index is 2.05. The second kappa shape index (κ2) is 8.27. The summed E-state index contributed by atoms with van der Waals surface area (Å²) >= 11 is 0. The number of furan rings is 1. The molecule has 5 heteroatoms. The molecule has 23 heavy (non-hydrogen) atoms. The van der Waals surface area contributed by atoms with Gasteiger partial charge in [-0.3, -0.25) is 4.79 Å². The van der Waals surface area contributed by atoms with Crippen molar-refractivity contribution in [2.24, 2.45) is 0 Å². The number of hydrogen-bond acceptors (Lipinski definition) is 4. The van der Waals surface area contributed by atoms with E-state index in [0.29, 0.717) is 29.4 Å². The molecular weight excluding hydrogens is 294 g/mol. The Hall–Kier alpha value is -2.43. The van der Waals surface area contributed by atoms with Crippen LogP contribution in [0.2, 0.25) is 0 Å². The first kappa shape index (κ1) is 16.9. The van der Waals surface area contributed by atoms with Gasteiger partial charge in [0.15, 0.2) is 11.5 Å². The third-order valence-electron chi connectivity index (χ3n) is 3.50. The number of amides is 1. The molecule has 0 saturated carbocycles. The molecule has 1 N–H and O–H groups in total. The number of hydrogen-bond donors (Lipinski definition) is 1. The molecule has 2 aromatic rings. The molecule has 0 spiro atoms. The zero-order valence-electron chi connectivity index (χ0n) is 13.8. The van der Waals surface area contributed by atoms with Gasteiger partial charge in [-0.2, -0.15) is 0 Å². The van der Waals surface area contributed by atoms with Gasteiger partial charge >= 0.3 is 0 Å². The number of ether oxygens (including phenoxy) is 2. The second-order valence-corrected chi connectivity index (χ2v) is 5.28.